The van der Waals surface area contributed by atoms with E-state index in [0.717, 1.165) is 0 Å². The second-order valence-electron chi connectivity index (χ2n) is 6.45. The van der Waals surface area contributed by atoms with Gasteiger partial charge in [0.25, 0.3) is 0 Å². The molecular formula is C20H26N4O6S. The molecule has 0 saturated heterocycles. The number of carboxylic acids is 1. The summed E-state index contributed by atoms with van der Waals surface area (Å²) in [5.41, 5.74) is 1.83. The molecule has 0 aliphatic rings. The van der Waals surface area contributed by atoms with Crippen molar-refractivity contribution in [2.24, 2.45) is 0 Å². The molecule has 11 heteroatoms. The first-order valence-electron chi connectivity index (χ1n) is 9.60. The fourth-order valence-electron chi connectivity index (χ4n) is 2.58. The molecule has 1 aromatic carbocycles. The van der Waals surface area contributed by atoms with Crippen LogP contribution in [0.4, 0.5) is 16.5 Å². The van der Waals surface area contributed by atoms with Gasteiger partial charge in [-0.3, -0.25) is 9.59 Å². The molecule has 1 atom stereocenters. The lowest BCUT2D eigenvalue weighted by atomic mass is 10.2. The topological polar surface area (TPSA) is 139 Å². The van der Waals surface area contributed by atoms with Crippen LogP contribution >= 0.6 is 11.3 Å². The molecule has 1 unspecified atom stereocenters. The van der Waals surface area contributed by atoms with E-state index in [1.807, 2.05) is 0 Å². The number of amides is 1. The van der Waals surface area contributed by atoms with Gasteiger partial charge < -0.3 is 30.5 Å². The first-order valence-corrected chi connectivity index (χ1v) is 10.4. The van der Waals surface area contributed by atoms with Gasteiger partial charge in [-0.25, -0.2) is 9.78 Å². The van der Waals surface area contributed by atoms with E-state index in [2.05, 4.69) is 20.9 Å². The predicted molar refractivity (Wildman–Crippen MR) is 117 cm³/mol. The van der Waals surface area contributed by atoms with Crippen LogP contribution in [0.25, 0.3) is 0 Å². The summed E-state index contributed by atoms with van der Waals surface area (Å²) in [6.07, 6.45) is -0.214. The number of ether oxygens (including phenoxy) is 2. The number of rotatable bonds is 12. The number of thiazole rings is 1. The maximum Gasteiger partial charge on any atom is 0.350 e. The van der Waals surface area contributed by atoms with Gasteiger partial charge in [0, 0.05) is 25.0 Å². The highest BCUT2D eigenvalue weighted by atomic mass is 32.1. The van der Waals surface area contributed by atoms with Crippen molar-refractivity contribution in [1.82, 2.24) is 10.3 Å². The van der Waals surface area contributed by atoms with Gasteiger partial charge in [0.2, 0.25) is 5.91 Å². The number of carbonyl (C=O) groups is 3. The van der Waals surface area contributed by atoms with E-state index in [9.17, 15) is 19.5 Å². The molecule has 0 spiro atoms. The Morgan fingerprint density at radius 1 is 1.19 bits per heavy atom. The summed E-state index contributed by atoms with van der Waals surface area (Å²) < 4.78 is 9.88. The van der Waals surface area contributed by atoms with Crippen molar-refractivity contribution in [3.05, 3.63) is 34.8 Å². The molecule has 10 nitrogen and oxygen atoms in total. The molecule has 0 aliphatic carbocycles. The summed E-state index contributed by atoms with van der Waals surface area (Å²) >= 11 is 1.20. The van der Waals surface area contributed by atoms with Gasteiger partial charge in [0.1, 0.15) is 10.9 Å². The second-order valence-corrected chi connectivity index (χ2v) is 7.45. The summed E-state index contributed by atoms with van der Waals surface area (Å²) in [5.74, 6) is -1.93. The number of aromatic nitrogens is 1. The Balaban J connectivity index is 1.93. The van der Waals surface area contributed by atoms with Crippen molar-refractivity contribution in [1.29, 1.82) is 0 Å². The van der Waals surface area contributed by atoms with Gasteiger partial charge in [-0.05, 0) is 38.1 Å². The minimum absolute atomic E-state index is 0.214. The van der Waals surface area contributed by atoms with Crippen molar-refractivity contribution < 1.29 is 29.0 Å². The van der Waals surface area contributed by atoms with Gasteiger partial charge in [-0.1, -0.05) is 11.3 Å². The number of carbonyl (C=O) groups excluding carboxylic acids is 2. The van der Waals surface area contributed by atoms with Gasteiger partial charge >= 0.3 is 11.9 Å². The quantitative estimate of drug-likeness (QED) is 0.283. The monoisotopic (exact) mass is 450 g/mol. The van der Waals surface area contributed by atoms with Crippen LogP contribution in [-0.4, -0.2) is 60.8 Å². The van der Waals surface area contributed by atoms with Crippen LogP contribution in [0.3, 0.4) is 0 Å². The molecule has 168 valence electrons. The lowest BCUT2D eigenvalue weighted by Gasteiger charge is -2.14. The number of aryl methyl sites for hydroxylation is 1. The molecule has 31 heavy (non-hydrogen) atoms. The summed E-state index contributed by atoms with van der Waals surface area (Å²) in [7, 11) is 1.51. The largest absolute Gasteiger partial charge is 0.480 e. The van der Waals surface area contributed by atoms with Crippen molar-refractivity contribution in [3.8, 4) is 0 Å². The first-order chi connectivity index (χ1) is 14.8. The van der Waals surface area contributed by atoms with Crippen LogP contribution in [0, 0.1) is 6.92 Å². The second kappa shape index (κ2) is 12.0. The number of nitrogens with zero attached hydrogens (tertiary/aromatic N) is 1. The van der Waals surface area contributed by atoms with E-state index in [1.54, 1.807) is 38.1 Å². The van der Waals surface area contributed by atoms with Crippen LogP contribution < -0.4 is 16.0 Å². The zero-order valence-electron chi connectivity index (χ0n) is 17.6. The fraction of sp³-hybridized carbons (Fsp3) is 0.400. The smallest absolute Gasteiger partial charge is 0.350 e. The van der Waals surface area contributed by atoms with E-state index >= 15 is 0 Å². The normalized spacial score (nSPS) is 11.6. The molecule has 1 heterocycles. The third-order valence-corrected chi connectivity index (χ3v) is 5.11. The van der Waals surface area contributed by atoms with Crippen LogP contribution in [0.5, 0.6) is 0 Å². The van der Waals surface area contributed by atoms with Crippen LogP contribution in [0.2, 0.25) is 0 Å². The molecule has 4 N–H and O–H groups in total. The molecule has 2 aromatic rings. The molecule has 0 fully saturated rings. The molecule has 2 rings (SSSR count). The number of anilines is 3. The highest BCUT2D eigenvalue weighted by molar-refractivity contribution is 7.17. The van der Waals surface area contributed by atoms with Crippen molar-refractivity contribution >= 4 is 45.7 Å². The number of benzene rings is 1. The Labute approximate surface area is 184 Å². The average molecular weight is 451 g/mol. The van der Waals surface area contributed by atoms with Crippen LogP contribution in [0.15, 0.2) is 24.3 Å². The van der Waals surface area contributed by atoms with E-state index in [1.165, 1.54) is 18.4 Å². The number of hydrogen-bond acceptors (Lipinski definition) is 9. The van der Waals surface area contributed by atoms with E-state index in [0.29, 0.717) is 46.8 Å². The molecule has 0 aliphatic heterocycles. The van der Waals surface area contributed by atoms with Crippen molar-refractivity contribution in [3.63, 3.8) is 0 Å². The third-order valence-electron chi connectivity index (χ3n) is 4.06. The fourth-order valence-corrected chi connectivity index (χ4v) is 3.46. The molecular weight excluding hydrogens is 424 g/mol. The summed E-state index contributed by atoms with van der Waals surface area (Å²) in [5, 5.41) is 18.3. The van der Waals surface area contributed by atoms with Gasteiger partial charge in [0.15, 0.2) is 5.13 Å². The van der Waals surface area contributed by atoms with E-state index in [4.69, 9.17) is 9.47 Å². The highest BCUT2D eigenvalue weighted by Gasteiger charge is 2.20. The highest BCUT2D eigenvalue weighted by Crippen LogP contribution is 2.27. The summed E-state index contributed by atoms with van der Waals surface area (Å²) in [4.78, 5) is 40.1. The number of esters is 1. The minimum Gasteiger partial charge on any atom is -0.480 e. The standard InChI is InChI=1S/C20H26N4O6S/c1-4-30-19(28)17-12(2)22-20(31-17)24-14-7-5-13(6-8-14)23-16(25)11-15(18(26)27)21-9-10-29-3/h5-8,15,21H,4,9-11H2,1-3H3,(H,22,24)(H,23,25)(H,26,27). The Hall–Kier alpha value is -3.02. The van der Waals surface area contributed by atoms with Crippen molar-refractivity contribution in [2.45, 2.75) is 26.3 Å². The number of hydrogen-bond donors (Lipinski definition) is 4. The molecule has 1 aromatic heterocycles. The zero-order chi connectivity index (χ0) is 22.8. The number of methoxy groups -OCH3 is 1. The molecule has 0 saturated carbocycles. The number of carboxylic acid groups (broad SMARTS) is 1. The first kappa shape index (κ1) is 24.3. The predicted octanol–water partition coefficient (Wildman–Crippen LogP) is 2.39. The van der Waals surface area contributed by atoms with Crippen LogP contribution in [0.1, 0.15) is 28.7 Å². The SMILES string of the molecule is CCOC(=O)c1sc(Nc2ccc(NC(=O)CC(NCCOC)C(=O)O)cc2)nc1C. The number of nitrogens with one attached hydrogen (secondary N) is 3. The lowest BCUT2D eigenvalue weighted by molar-refractivity contribution is -0.141. The van der Waals surface area contributed by atoms with Gasteiger partial charge in [0.05, 0.1) is 25.3 Å². The van der Waals surface area contributed by atoms with Crippen molar-refractivity contribution in [2.75, 3.05) is 37.5 Å². The molecule has 1 amide bonds. The molecule has 0 bridgehead atoms. The Morgan fingerprint density at radius 2 is 1.87 bits per heavy atom. The van der Waals surface area contributed by atoms with E-state index in [-0.39, 0.29) is 6.42 Å². The maximum atomic E-state index is 12.2. The van der Waals surface area contributed by atoms with Crippen LogP contribution in [-0.2, 0) is 19.1 Å². The zero-order valence-corrected chi connectivity index (χ0v) is 18.4. The Morgan fingerprint density at radius 3 is 2.48 bits per heavy atom. The van der Waals surface area contributed by atoms with E-state index < -0.39 is 23.9 Å². The number of aliphatic carboxylic acids is 1. The maximum absolute atomic E-state index is 12.2. The summed E-state index contributed by atoms with van der Waals surface area (Å²) in [6.45, 7) is 4.45. The molecule has 0 radical (unpaired) electrons. The lowest BCUT2D eigenvalue weighted by Crippen LogP contribution is -2.41. The average Bonchev–Trinajstić information content (AvgIpc) is 3.09. The Bertz CT molecular complexity index is 900. The third kappa shape index (κ3) is 7.63. The Kier molecular flexibility index (Phi) is 9.38. The minimum atomic E-state index is -1.10. The summed E-state index contributed by atoms with van der Waals surface area (Å²) in [6, 6.07) is 5.84. The van der Waals surface area contributed by atoms with Gasteiger partial charge in [-0.15, -0.1) is 0 Å². The van der Waals surface area contributed by atoms with Gasteiger partial charge in [-0.2, -0.15) is 0 Å².